The van der Waals surface area contributed by atoms with E-state index in [1.54, 1.807) is 35.1 Å². The van der Waals surface area contributed by atoms with Crippen molar-refractivity contribution in [3.8, 4) is 0 Å². The second-order valence-corrected chi connectivity index (χ2v) is 4.27. The predicted octanol–water partition coefficient (Wildman–Crippen LogP) is 0.445. The molecule has 1 aromatic carbocycles. The van der Waals surface area contributed by atoms with Crippen molar-refractivity contribution in [2.24, 2.45) is 17.9 Å². The Morgan fingerprint density at radius 1 is 1.50 bits per heavy atom. The first kappa shape index (κ1) is 13.6. The molecule has 0 fully saturated rings. The number of nitrogens with one attached hydrogen (secondary N) is 1. The summed E-state index contributed by atoms with van der Waals surface area (Å²) in [6.45, 7) is 0.389. The van der Waals surface area contributed by atoms with Gasteiger partial charge < -0.3 is 16.3 Å². The van der Waals surface area contributed by atoms with E-state index in [1.807, 2.05) is 13.2 Å². The number of nitrogens with zero attached hydrogens (tertiary/aromatic N) is 3. The van der Waals surface area contributed by atoms with Crippen LogP contribution in [0.15, 0.2) is 41.8 Å². The van der Waals surface area contributed by atoms with Gasteiger partial charge in [-0.1, -0.05) is 17.3 Å². The molecule has 0 atom stereocenters. The molecule has 0 aliphatic rings. The lowest BCUT2D eigenvalue weighted by Gasteiger charge is -2.05. The summed E-state index contributed by atoms with van der Waals surface area (Å²) in [4.78, 5) is 12.0. The number of aromatic nitrogens is 2. The van der Waals surface area contributed by atoms with E-state index in [9.17, 15) is 4.79 Å². The zero-order valence-electron chi connectivity index (χ0n) is 10.9. The minimum Gasteiger partial charge on any atom is -0.409 e. The van der Waals surface area contributed by atoms with Gasteiger partial charge in [0.25, 0.3) is 5.91 Å². The van der Waals surface area contributed by atoms with Crippen LogP contribution in [-0.2, 0) is 13.6 Å². The molecule has 7 nitrogen and oxygen atoms in total. The first-order chi connectivity index (χ1) is 9.60. The highest BCUT2D eigenvalue weighted by Gasteiger charge is 2.08. The molecule has 1 heterocycles. The smallest absolute Gasteiger partial charge is 0.251 e. The lowest BCUT2D eigenvalue weighted by atomic mass is 10.1. The summed E-state index contributed by atoms with van der Waals surface area (Å²) in [5.41, 5.74) is 7.33. The van der Waals surface area contributed by atoms with Gasteiger partial charge in [0, 0.05) is 36.5 Å². The number of hydrogen-bond donors (Lipinski definition) is 3. The molecule has 1 aromatic heterocycles. The van der Waals surface area contributed by atoms with E-state index in [2.05, 4.69) is 15.6 Å². The summed E-state index contributed by atoms with van der Waals surface area (Å²) in [6, 6.07) is 6.56. The van der Waals surface area contributed by atoms with E-state index in [-0.39, 0.29) is 11.7 Å². The highest BCUT2D eigenvalue weighted by molar-refractivity contribution is 6.01. The lowest BCUT2D eigenvalue weighted by molar-refractivity contribution is 0.0951. The third-order valence-corrected chi connectivity index (χ3v) is 2.74. The van der Waals surface area contributed by atoms with Gasteiger partial charge in [0.15, 0.2) is 5.84 Å². The molecule has 7 heteroatoms. The van der Waals surface area contributed by atoms with Gasteiger partial charge >= 0.3 is 0 Å². The van der Waals surface area contributed by atoms with Gasteiger partial charge in [-0.3, -0.25) is 9.48 Å². The molecule has 0 unspecified atom stereocenters. The summed E-state index contributed by atoms with van der Waals surface area (Å²) in [6.07, 6.45) is 3.51. The molecule has 0 bridgehead atoms. The molecule has 0 aliphatic carbocycles. The fourth-order valence-corrected chi connectivity index (χ4v) is 1.73. The Bertz CT molecular complexity index is 648. The maximum absolute atomic E-state index is 12.0. The standard InChI is InChI=1S/C13H15N5O2/c1-18-8-9(7-16-18)6-15-13(19)11-4-2-3-10(5-11)12(14)17-20/h2-5,7-8,20H,6H2,1H3,(H2,14,17)(H,15,19). The second kappa shape index (κ2) is 5.87. The highest BCUT2D eigenvalue weighted by Crippen LogP contribution is 2.06. The molecule has 104 valence electrons. The van der Waals surface area contributed by atoms with Gasteiger partial charge in [0.2, 0.25) is 0 Å². The van der Waals surface area contributed by atoms with Crippen LogP contribution in [0.1, 0.15) is 21.5 Å². The van der Waals surface area contributed by atoms with Crippen LogP contribution in [0.5, 0.6) is 0 Å². The van der Waals surface area contributed by atoms with Crippen molar-refractivity contribution in [2.75, 3.05) is 0 Å². The molecule has 4 N–H and O–H groups in total. The summed E-state index contributed by atoms with van der Waals surface area (Å²) >= 11 is 0. The lowest BCUT2D eigenvalue weighted by Crippen LogP contribution is -2.23. The number of aryl methyl sites for hydroxylation is 1. The predicted molar refractivity (Wildman–Crippen MR) is 73.3 cm³/mol. The fraction of sp³-hybridized carbons (Fsp3) is 0.154. The van der Waals surface area contributed by atoms with Crippen molar-refractivity contribution in [1.82, 2.24) is 15.1 Å². The van der Waals surface area contributed by atoms with Crippen LogP contribution < -0.4 is 11.1 Å². The van der Waals surface area contributed by atoms with Gasteiger partial charge in [0.1, 0.15) is 0 Å². The van der Waals surface area contributed by atoms with Crippen molar-refractivity contribution in [1.29, 1.82) is 0 Å². The third kappa shape index (κ3) is 3.14. The maximum Gasteiger partial charge on any atom is 0.251 e. The molecule has 1 amide bonds. The van der Waals surface area contributed by atoms with Crippen LogP contribution in [0.4, 0.5) is 0 Å². The van der Waals surface area contributed by atoms with E-state index in [4.69, 9.17) is 10.9 Å². The van der Waals surface area contributed by atoms with Gasteiger partial charge in [-0.2, -0.15) is 5.10 Å². The van der Waals surface area contributed by atoms with Gasteiger partial charge in [-0.15, -0.1) is 0 Å². The average molecular weight is 273 g/mol. The molecule has 2 rings (SSSR count). The molecular formula is C13H15N5O2. The van der Waals surface area contributed by atoms with Crippen molar-refractivity contribution < 1.29 is 10.0 Å². The van der Waals surface area contributed by atoms with Crippen molar-refractivity contribution in [2.45, 2.75) is 6.54 Å². The van der Waals surface area contributed by atoms with Crippen LogP contribution in [-0.4, -0.2) is 26.7 Å². The fourth-order valence-electron chi connectivity index (χ4n) is 1.73. The van der Waals surface area contributed by atoms with Crippen LogP contribution in [0.3, 0.4) is 0 Å². The molecule has 20 heavy (non-hydrogen) atoms. The molecule has 0 aliphatic heterocycles. The first-order valence-electron chi connectivity index (χ1n) is 5.94. The van der Waals surface area contributed by atoms with Gasteiger partial charge in [-0.05, 0) is 12.1 Å². The Balaban J connectivity index is 2.05. The minimum absolute atomic E-state index is 0.0353. The second-order valence-electron chi connectivity index (χ2n) is 4.27. The van der Waals surface area contributed by atoms with Crippen LogP contribution in [0.25, 0.3) is 0 Å². The topological polar surface area (TPSA) is 106 Å². The minimum atomic E-state index is -0.235. The zero-order valence-corrected chi connectivity index (χ0v) is 10.9. The Morgan fingerprint density at radius 2 is 2.25 bits per heavy atom. The third-order valence-electron chi connectivity index (χ3n) is 2.74. The quantitative estimate of drug-likeness (QED) is 0.325. The maximum atomic E-state index is 12.0. The summed E-state index contributed by atoms with van der Waals surface area (Å²) in [5, 5.41) is 18.3. The van der Waals surface area contributed by atoms with Crippen LogP contribution in [0, 0.1) is 0 Å². The average Bonchev–Trinajstić information content (AvgIpc) is 2.89. The van der Waals surface area contributed by atoms with Crippen LogP contribution in [0.2, 0.25) is 0 Å². The number of amides is 1. The number of hydrogen-bond acceptors (Lipinski definition) is 4. The van der Waals surface area contributed by atoms with E-state index in [1.165, 1.54) is 0 Å². The Hall–Kier alpha value is -2.83. The van der Waals surface area contributed by atoms with Crippen molar-refractivity contribution in [3.63, 3.8) is 0 Å². The number of carbonyl (C=O) groups excluding carboxylic acids is 1. The van der Waals surface area contributed by atoms with Gasteiger partial charge in [0.05, 0.1) is 6.20 Å². The Kier molecular flexibility index (Phi) is 3.99. The summed E-state index contributed by atoms with van der Waals surface area (Å²) in [5.74, 6) is -0.270. The monoisotopic (exact) mass is 273 g/mol. The number of benzene rings is 1. The molecule has 0 saturated heterocycles. The Morgan fingerprint density at radius 3 is 2.90 bits per heavy atom. The normalized spacial score (nSPS) is 11.3. The first-order valence-corrected chi connectivity index (χ1v) is 5.94. The van der Waals surface area contributed by atoms with Gasteiger partial charge in [-0.25, -0.2) is 0 Å². The SMILES string of the molecule is Cn1cc(CNC(=O)c2cccc(C(N)=NO)c2)cn1. The van der Waals surface area contributed by atoms with E-state index in [0.29, 0.717) is 17.7 Å². The number of amidine groups is 1. The van der Waals surface area contributed by atoms with E-state index >= 15 is 0 Å². The summed E-state index contributed by atoms with van der Waals surface area (Å²) < 4.78 is 1.67. The number of carbonyl (C=O) groups is 1. The van der Waals surface area contributed by atoms with Crippen LogP contribution >= 0.6 is 0 Å². The molecule has 0 spiro atoms. The Labute approximate surface area is 115 Å². The zero-order chi connectivity index (χ0) is 14.5. The molecule has 2 aromatic rings. The number of oxime groups is 1. The molecule has 0 radical (unpaired) electrons. The number of nitrogens with two attached hydrogens (primary N) is 1. The van der Waals surface area contributed by atoms with E-state index < -0.39 is 0 Å². The van der Waals surface area contributed by atoms with E-state index in [0.717, 1.165) is 5.56 Å². The molecular weight excluding hydrogens is 258 g/mol. The van der Waals surface area contributed by atoms with Crippen molar-refractivity contribution in [3.05, 3.63) is 53.3 Å². The summed E-state index contributed by atoms with van der Waals surface area (Å²) in [7, 11) is 1.81. The molecule has 0 saturated carbocycles. The largest absolute Gasteiger partial charge is 0.409 e. The highest BCUT2D eigenvalue weighted by atomic mass is 16.4. The van der Waals surface area contributed by atoms with Crippen molar-refractivity contribution >= 4 is 11.7 Å². The number of rotatable bonds is 4.